The van der Waals surface area contributed by atoms with E-state index in [1.54, 1.807) is 13.8 Å². The third-order valence-electron chi connectivity index (χ3n) is 9.17. The number of ketones is 1. The van der Waals surface area contributed by atoms with Gasteiger partial charge in [-0.3, -0.25) is 9.59 Å². The molecule has 3 aliphatic rings. The number of nitrogens with one attached hydrogen (secondary N) is 2. The molecule has 12 heteroatoms. The zero-order valence-electron chi connectivity index (χ0n) is 25.7. The van der Waals surface area contributed by atoms with Crippen molar-refractivity contribution in [2.75, 3.05) is 5.32 Å². The fourth-order valence-electron chi connectivity index (χ4n) is 6.78. The number of anilines is 1. The second kappa shape index (κ2) is 10.8. The van der Waals surface area contributed by atoms with Crippen molar-refractivity contribution in [3.8, 4) is 17.3 Å². The van der Waals surface area contributed by atoms with E-state index in [9.17, 15) is 24.6 Å². The van der Waals surface area contributed by atoms with E-state index in [-0.39, 0.29) is 53.8 Å². The molecule has 1 spiro atoms. The minimum absolute atomic E-state index is 0.0561. The van der Waals surface area contributed by atoms with Crippen LogP contribution in [0.15, 0.2) is 57.6 Å². The summed E-state index contributed by atoms with van der Waals surface area (Å²) in [5.74, 6) is -2.32. The first-order valence-corrected chi connectivity index (χ1v) is 15.4. The fourth-order valence-corrected chi connectivity index (χ4v) is 6.78. The lowest BCUT2D eigenvalue weighted by Crippen LogP contribution is -2.41. The van der Waals surface area contributed by atoms with Crippen molar-refractivity contribution in [2.24, 2.45) is 17.8 Å². The number of ether oxygens (including phenoxy) is 1. The number of aliphatic hydroxyl groups excluding tert-OH is 1. The predicted octanol–water partition coefficient (Wildman–Crippen LogP) is 4.47. The third-order valence-corrected chi connectivity index (χ3v) is 9.17. The quantitative estimate of drug-likeness (QED) is 0.228. The van der Waals surface area contributed by atoms with Gasteiger partial charge in [0.25, 0.3) is 0 Å². The Labute approximate surface area is 264 Å². The van der Waals surface area contributed by atoms with Gasteiger partial charge in [0.1, 0.15) is 29.6 Å². The summed E-state index contributed by atoms with van der Waals surface area (Å²) < 4.78 is 18.9. The molecule has 5 atom stereocenters. The Balaban J connectivity index is 1.48. The van der Waals surface area contributed by atoms with Crippen molar-refractivity contribution in [2.45, 2.75) is 64.3 Å². The molecular weight excluding hydrogens is 592 g/mol. The number of rotatable bonds is 7. The minimum atomic E-state index is -1.26. The molecule has 4 aromatic rings. The van der Waals surface area contributed by atoms with Gasteiger partial charge in [0.15, 0.2) is 29.2 Å². The molecule has 1 amide bonds. The normalized spacial score (nSPS) is 23.5. The van der Waals surface area contributed by atoms with E-state index in [0.717, 1.165) is 28.6 Å². The number of carbonyl (C=O) groups excluding carboxylic acids is 2. The molecule has 46 heavy (non-hydrogen) atoms. The zero-order valence-corrected chi connectivity index (χ0v) is 25.7. The molecule has 7 rings (SSSR count). The summed E-state index contributed by atoms with van der Waals surface area (Å²) in [5.41, 5.74) is 1.97. The first-order valence-electron chi connectivity index (χ1n) is 15.4. The van der Waals surface area contributed by atoms with Crippen molar-refractivity contribution in [1.29, 1.82) is 0 Å². The van der Waals surface area contributed by atoms with Gasteiger partial charge in [-0.2, -0.15) is 0 Å². The van der Waals surface area contributed by atoms with Crippen LogP contribution in [0.3, 0.4) is 0 Å². The van der Waals surface area contributed by atoms with Crippen LogP contribution in [0.4, 0.5) is 5.69 Å². The Morgan fingerprint density at radius 1 is 1.07 bits per heavy atom. The minimum Gasteiger partial charge on any atom is -0.476 e. The van der Waals surface area contributed by atoms with Gasteiger partial charge in [0.2, 0.25) is 17.7 Å². The Hall–Kier alpha value is -4.97. The van der Waals surface area contributed by atoms with Crippen LogP contribution in [-0.2, 0) is 21.4 Å². The smallest absolute Gasteiger partial charge is 0.357 e. The zero-order chi connectivity index (χ0) is 32.5. The van der Waals surface area contributed by atoms with Crippen LogP contribution in [-0.4, -0.2) is 50.2 Å². The van der Waals surface area contributed by atoms with E-state index in [1.165, 1.54) is 0 Å². The largest absolute Gasteiger partial charge is 0.476 e. The van der Waals surface area contributed by atoms with Crippen LogP contribution in [0.1, 0.15) is 79.0 Å². The Bertz CT molecular complexity index is 1880. The molecule has 3 aliphatic heterocycles. The Kier molecular flexibility index (Phi) is 7.00. The Morgan fingerprint density at radius 3 is 2.57 bits per heavy atom. The van der Waals surface area contributed by atoms with E-state index >= 15 is 0 Å². The number of hydrogen-bond acceptors (Lipinski definition) is 10. The van der Waals surface area contributed by atoms with Crippen molar-refractivity contribution in [3.05, 3.63) is 82.8 Å². The molecule has 0 aliphatic carbocycles. The van der Waals surface area contributed by atoms with E-state index < -0.39 is 41.5 Å². The standard InChI is InChI=1S/C34H34N4O8/c1-15(2)25-31-38-26(30-35-22(14-44-30)32(42)43)28(46-31)34-19-7-5-6-8-21(19)36-33(34)45-24-10-9-17(12-20(24)34)11-18(29(41)37-25)13-23(39)27(40)16(3)4/h5-10,12,14-16,18,25,27,33,36,40H,11,13H2,1-4H3,(H,37,41)(H,42,43)/t18-,25+,27+,33+,34?/m1/s1. The van der Waals surface area contributed by atoms with E-state index in [0.29, 0.717) is 11.5 Å². The highest BCUT2D eigenvalue weighted by molar-refractivity contribution is 5.90. The topological polar surface area (TPSA) is 177 Å². The maximum atomic E-state index is 14.0. The summed E-state index contributed by atoms with van der Waals surface area (Å²) in [6, 6.07) is 12.7. The van der Waals surface area contributed by atoms with Gasteiger partial charge < -0.3 is 34.4 Å². The maximum Gasteiger partial charge on any atom is 0.357 e. The van der Waals surface area contributed by atoms with E-state index in [4.69, 9.17) is 18.6 Å². The van der Waals surface area contributed by atoms with Crippen LogP contribution in [0.25, 0.3) is 11.6 Å². The Morgan fingerprint density at radius 2 is 1.85 bits per heavy atom. The number of amides is 1. The fraction of sp³-hybridized carbons (Fsp3) is 0.382. The molecule has 4 N–H and O–H groups in total. The molecular formula is C34H34N4O8. The second-order valence-electron chi connectivity index (χ2n) is 12.9. The molecule has 12 nitrogen and oxygen atoms in total. The number of fused-ring (bicyclic) bond motifs is 4. The number of carbonyl (C=O) groups is 3. The van der Waals surface area contributed by atoms with Crippen LogP contribution in [0.2, 0.25) is 0 Å². The van der Waals surface area contributed by atoms with Crippen LogP contribution in [0, 0.1) is 17.8 Å². The lowest BCUT2D eigenvalue weighted by Gasteiger charge is -2.28. The highest BCUT2D eigenvalue weighted by Gasteiger charge is 2.61. The molecule has 238 valence electrons. The molecule has 2 aromatic carbocycles. The molecule has 0 saturated heterocycles. The third kappa shape index (κ3) is 4.50. The average Bonchev–Trinajstić information content (AvgIpc) is 3.79. The van der Waals surface area contributed by atoms with Gasteiger partial charge in [-0.25, -0.2) is 14.8 Å². The number of Topliss-reactive ketones (excluding diaryl/α,β-unsaturated/α-hetero) is 1. The van der Waals surface area contributed by atoms with Crippen molar-refractivity contribution < 1.29 is 38.2 Å². The number of carboxylic acids is 1. The number of aromatic carboxylic acids is 1. The second-order valence-corrected chi connectivity index (χ2v) is 12.9. The molecule has 0 fully saturated rings. The van der Waals surface area contributed by atoms with Gasteiger partial charge in [-0.15, -0.1) is 0 Å². The molecule has 5 heterocycles. The van der Waals surface area contributed by atoms with Crippen molar-refractivity contribution >= 4 is 23.3 Å². The van der Waals surface area contributed by atoms with Crippen molar-refractivity contribution in [1.82, 2.24) is 15.3 Å². The van der Waals surface area contributed by atoms with Crippen LogP contribution < -0.4 is 15.4 Å². The number of nitrogens with zero attached hydrogens (tertiary/aromatic N) is 2. The maximum absolute atomic E-state index is 14.0. The van der Waals surface area contributed by atoms with Gasteiger partial charge in [0.05, 0.1) is 0 Å². The molecule has 2 aromatic heterocycles. The summed E-state index contributed by atoms with van der Waals surface area (Å²) in [6.07, 6.45) is -0.736. The van der Waals surface area contributed by atoms with Gasteiger partial charge in [0, 0.05) is 23.6 Å². The number of aromatic nitrogens is 2. The number of hydrogen-bond donors (Lipinski definition) is 4. The van der Waals surface area contributed by atoms with Gasteiger partial charge >= 0.3 is 5.97 Å². The average molecular weight is 627 g/mol. The highest BCUT2D eigenvalue weighted by Crippen LogP contribution is 2.59. The monoisotopic (exact) mass is 626 g/mol. The number of benzene rings is 2. The number of para-hydroxylation sites is 1. The molecule has 1 unspecified atom stereocenters. The summed E-state index contributed by atoms with van der Waals surface area (Å²) in [4.78, 5) is 47.9. The lowest BCUT2D eigenvalue weighted by atomic mass is 9.72. The lowest BCUT2D eigenvalue weighted by molar-refractivity contribution is -0.135. The summed E-state index contributed by atoms with van der Waals surface area (Å²) in [5, 5.41) is 26.7. The molecule has 4 bridgehead atoms. The molecule has 0 saturated carbocycles. The predicted molar refractivity (Wildman–Crippen MR) is 163 cm³/mol. The highest BCUT2D eigenvalue weighted by atomic mass is 16.5. The first-order chi connectivity index (χ1) is 22.0. The number of oxazole rings is 2. The van der Waals surface area contributed by atoms with E-state index in [1.807, 2.05) is 56.3 Å². The van der Waals surface area contributed by atoms with Crippen LogP contribution in [0.5, 0.6) is 5.75 Å². The number of carboxylic acid groups (broad SMARTS) is 1. The summed E-state index contributed by atoms with van der Waals surface area (Å²) in [7, 11) is 0. The van der Waals surface area contributed by atoms with Crippen molar-refractivity contribution in [3.63, 3.8) is 0 Å². The summed E-state index contributed by atoms with van der Waals surface area (Å²) >= 11 is 0. The summed E-state index contributed by atoms with van der Waals surface area (Å²) in [6.45, 7) is 7.33. The number of aliphatic hydroxyl groups is 1. The first kappa shape index (κ1) is 29.7. The molecule has 0 radical (unpaired) electrons. The SMILES string of the molecule is CC(C)[C@H](O)C(=O)C[C@H]1Cc2ccc3c(c2)C2(c4ccccc4N[C@H]2O3)c2oc(nc2-c2nc(C(=O)O)co2)[C@H](C(C)C)NC1=O. The van der Waals surface area contributed by atoms with E-state index in [2.05, 4.69) is 15.6 Å². The van der Waals surface area contributed by atoms with Crippen LogP contribution >= 0.6 is 0 Å². The van der Waals surface area contributed by atoms with Gasteiger partial charge in [-0.1, -0.05) is 58.0 Å². The van der Waals surface area contributed by atoms with Gasteiger partial charge in [-0.05, 0) is 41.5 Å².